The van der Waals surface area contributed by atoms with E-state index in [-0.39, 0.29) is 16.9 Å². The number of anilines is 1. The zero-order chi connectivity index (χ0) is 14.8. The molecule has 0 heterocycles. The molecular formula is C14H17NO4S. The Balaban J connectivity index is 2.04. The largest absolute Gasteiger partial charge is 0.478 e. The molecule has 108 valence electrons. The van der Waals surface area contributed by atoms with Gasteiger partial charge >= 0.3 is 11.9 Å². The minimum Gasteiger partial charge on any atom is -0.478 e. The highest BCUT2D eigenvalue weighted by Gasteiger charge is 2.44. The molecule has 2 rings (SSSR count). The number of methoxy groups -OCH3 is 1. The second-order valence-electron chi connectivity index (χ2n) is 5.10. The molecule has 1 aliphatic rings. The predicted molar refractivity (Wildman–Crippen MR) is 76.8 cm³/mol. The molecule has 1 fully saturated rings. The van der Waals surface area contributed by atoms with Crippen LogP contribution in [0.3, 0.4) is 0 Å². The van der Waals surface area contributed by atoms with E-state index >= 15 is 0 Å². The number of carbonyl (C=O) groups is 2. The van der Waals surface area contributed by atoms with Gasteiger partial charge < -0.3 is 15.6 Å². The molecule has 3 N–H and O–H groups in total. The van der Waals surface area contributed by atoms with Gasteiger partial charge in [0.1, 0.15) is 0 Å². The second-order valence-corrected chi connectivity index (χ2v) is 6.12. The molecule has 6 heteroatoms. The summed E-state index contributed by atoms with van der Waals surface area (Å²) in [6.45, 7) is 0. The fourth-order valence-electron chi connectivity index (χ4n) is 2.00. The highest BCUT2D eigenvalue weighted by Crippen LogP contribution is 2.52. The van der Waals surface area contributed by atoms with Gasteiger partial charge in [-0.15, -0.1) is 11.8 Å². The number of esters is 1. The summed E-state index contributed by atoms with van der Waals surface area (Å²) >= 11 is 1.46. The quantitative estimate of drug-likeness (QED) is 0.476. The lowest BCUT2D eigenvalue weighted by Gasteiger charge is -2.14. The lowest BCUT2D eigenvalue weighted by atomic mass is 10.1. The number of carboxylic acid groups (broad SMARTS) is 1. The van der Waals surface area contributed by atoms with Crippen molar-refractivity contribution in [1.29, 1.82) is 0 Å². The van der Waals surface area contributed by atoms with E-state index in [9.17, 15) is 14.7 Å². The topological polar surface area (TPSA) is 89.6 Å². The third kappa shape index (κ3) is 3.45. The van der Waals surface area contributed by atoms with Crippen LogP contribution in [0, 0.1) is 5.41 Å². The number of carboxylic acids is 1. The third-order valence-electron chi connectivity index (χ3n) is 3.47. The molecule has 1 aromatic carbocycles. The maximum Gasteiger partial charge on any atom is 0.336 e. The van der Waals surface area contributed by atoms with Crippen LogP contribution >= 0.6 is 11.8 Å². The van der Waals surface area contributed by atoms with E-state index in [1.807, 2.05) is 0 Å². The first-order valence-electron chi connectivity index (χ1n) is 6.28. The van der Waals surface area contributed by atoms with Crippen LogP contribution in [-0.4, -0.2) is 29.9 Å². The number of hydrogen-bond acceptors (Lipinski definition) is 5. The van der Waals surface area contributed by atoms with Crippen molar-refractivity contribution in [2.45, 2.75) is 24.2 Å². The first kappa shape index (κ1) is 14.7. The van der Waals surface area contributed by atoms with Crippen LogP contribution in [0.25, 0.3) is 0 Å². The third-order valence-corrected chi connectivity index (χ3v) is 4.90. The van der Waals surface area contributed by atoms with Crippen LogP contribution in [0.4, 0.5) is 5.69 Å². The number of ether oxygens (including phenoxy) is 1. The first-order chi connectivity index (χ1) is 9.46. The average Bonchev–Trinajstić information content (AvgIpc) is 3.17. The number of carbonyl (C=O) groups excluding carboxylic acids is 1. The van der Waals surface area contributed by atoms with E-state index < -0.39 is 5.97 Å². The Bertz CT molecular complexity index is 540. The van der Waals surface area contributed by atoms with Gasteiger partial charge in [0.15, 0.2) is 0 Å². The van der Waals surface area contributed by atoms with Crippen molar-refractivity contribution in [2.75, 3.05) is 18.6 Å². The summed E-state index contributed by atoms with van der Waals surface area (Å²) in [7, 11) is 1.38. The zero-order valence-corrected chi connectivity index (χ0v) is 12.0. The van der Waals surface area contributed by atoms with Crippen LogP contribution in [0.5, 0.6) is 0 Å². The molecule has 0 bridgehead atoms. The normalized spacial score (nSPS) is 15.7. The van der Waals surface area contributed by atoms with Gasteiger partial charge in [0.05, 0.1) is 19.1 Å². The molecule has 0 spiro atoms. The lowest BCUT2D eigenvalue weighted by Crippen LogP contribution is -2.13. The molecule has 0 unspecified atom stereocenters. The van der Waals surface area contributed by atoms with E-state index in [2.05, 4.69) is 0 Å². The molecule has 5 nitrogen and oxygen atoms in total. The minimum atomic E-state index is -0.988. The highest BCUT2D eigenvalue weighted by atomic mass is 32.2. The van der Waals surface area contributed by atoms with E-state index in [1.165, 1.54) is 24.9 Å². The van der Waals surface area contributed by atoms with E-state index in [0.717, 1.165) is 12.8 Å². The number of rotatable bonds is 6. The van der Waals surface area contributed by atoms with Crippen LogP contribution in [0.15, 0.2) is 23.1 Å². The summed E-state index contributed by atoms with van der Waals surface area (Å²) < 4.78 is 4.70. The molecule has 1 saturated carbocycles. The number of nitrogens with two attached hydrogens (primary N) is 1. The molecule has 0 amide bonds. The molecular weight excluding hydrogens is 278 g/mol. The minimum absolute atomic E-state index is 0.0328. The van der Waals surface area contributed by atoms with Gasteiger partial charge in [-0.2, -0.15) is 0 Å². The number of hydrogen-bond donors (Lipinski definition) is 2. The molecule has 20 heavy (non-hydrogen) atoms. The number of nitrogen functional groups attached to an aromatic ring is 1. The van der Waals surface area contributed by atoms with Crippen LogP contribution in [0.2, 0.25) is 0 Å². The standard InChI is InChI=1S/C14H17NO4S/c1-19-12(16)7-14(4-5-14)8-20-11-3-2-9(15)6-10(11)13(17)18/h2-3,6H,4-5,7-8,15H2,1H3,(H,17,18). The van der Waals surface area contributed by atoms with Gasteiger partial charge in [-0.3, -0.25) is 4.79 Å². The molecule has 1 aromatic rings. The van der Waals surface area contributed by atoms with Gasteiger partial charge in [0.2, 0.25) is 0 Å². The fourth-order valence-corrected chi connectivity index (χ4v) is 3.32. The van der Waals surface area contributed by atoms with Crippen LogP contribution in [-0.2, 0) is 9.53 Å². The van der Waals surface area contributed by atoms with Gasteiger partial charge in [-0.25, -0.2) is 4.79 Å². The average molecular weight is 295 g/mol. The van der Waals surface area contributed by atoms with Gasteiger partial charge in [-0.1, -0.05) is 0 Å². The molecule has 1 aliphatic carbocycles. The highest BCUT2D eigenvalue weighted by molar-refractivity contribution is 7.99. The zero-order valence-electron chi connectivity index (χ0n) is 11.2. The molecule has 0 radical (unpaired) electrons. The Kier molecular flexibility index (Phi) is 4.23. The SMILES string of the molecule is COC(=O)CC1(CSc2ccc(N)cc2C(=O)O)CC1. The van der Waals surface area contributed by atoms with E-state index in [4.69, 9.17) is 10.5 Å². The molecule has 0 saturated heterocycles. The number of aromatic carboxylic acids is 1. The van der Waals surface area contributed by atoms with Crippen LogP contribution < -0.4 is 5.73 Å². The summed E-state index contributed by atoms with van der Waals surface area (Å²) in [6, 6.07) is 4.87. The van der Waals surface area contributed by atoms with Crippen molar-refractivity contribution in [3.63, 3.8) is 0 Å². The predicted octanol–water partition coefficient (Wildman–Crippen LogP) is 2.40. The summed E-state index contributed by atoms with van der Waals surface area (Å²) in [4.78, 5) is 23.2. The van der Waals surface area contributed by atoms with Crippen LogP contribution in [0.1, 0.15) is 29.6 Å². The summed E-state index contributed by atoms with van der Waals surface area (Å²) in [5, 5.41) is 9.18. The van der Waals surface area contributed by atoms with E-state index in [1.54, 1.807) is 12.1 Å². The maximum absolute atomic E-state index is 11.4. The Morgan fingerprint density at radius 1 is 1.45 bits per heavy atom. The maximum atomic E-state index is 11.4. The fraction of sp³-hybridized carbons (Fsp3) is 0.429. The number of thioether (sulfide) groups is 1. The van der Waals surface area contributed by atoms with Crippen molar-refractivity contribution >= 4 is 29.4 Å². The summed E-state index contributed by atoms with van der Waals surface area (Å²) in [6.07, 6.45) is 2.35. The van der Waals surface area contributed by atoms with Crippen molar-refractivity contribution < 1.29 is 19.4 Å². The first-order valence-corrected chi connectivity index (χ1v) is 7.27. The van der Waals surface area contributed by atoms with Crippen molar-refractivity contribution in [3.8, 4) is 0 Å². The van der Waals surface area contributed by atoms with Crippen molar-refractivity contribution in [2.24, 2.45) is 5.41 Å². The van der Waals surface area contributed by atoms with Crippen molar-refractivity contribution in [3.05, 3.63) is 23.8 Å². The number of benzene rings is 1. The monoisotopic (exact) mass is 295 g/mol. The van der Waals surface area contributed by atoms with Gasteiger partial charge in [-0.05, 0) is 36.5 Å². The molecule has 0 aromatic heterocycles. The smallest absolute Gasteiger partial charge is 0.336 e. The Labute approximate surface area is 121 Å². The molecule has 0 aliphatic heterocycles. The van der Waals surface area contributed by atoms with E-state index in [0.29, 0.717) is 22.8 Å². The molecule has 0 atom stereocenters. The van der Waals surface area contributed by atoms with Crippen molar-refractivity contribution in [1.82, 2.24) is 0 Å². The Morgan fingerprint density at radius 2 is 2.15 bits per heavy atom. The van der Waals surface area contributed by atoms with Gasteiger partial charge in [0, 0.05) is 16.3 Å². The Morgan fingerprint density at radius 3 is 2.70 bits per heavy atom. The lowest BCUT2D eigenvalue weighted by molar-refractivity contribution is -0.141. The Hall–Kier alpha value is -1.69. The summed E-state index contributed by atoms with van der Waals surface area (Å²) in [5.41, 5.74) is 6.22. The second kappa shape index (κ2) is 5.75. The summed E-state index contributed by atoms with van der Waals surface area (Å²) in [5.74, 6) is -0.483. The van der Waals surface area contributed by atoms with Gasteiger partial charge in [0.25, 0.3) is 0 Å².